The van der Waals surface area contributed by atoms with Gasteiger partial charge in [-0.2, -0.15) is 5.10 Å². The molecule has 1 aliphatic heterocycles. The highest BCUT2D eigenvalue weighted by molar-refractivity contribution is 5.98. The van der Waals surface area contributed by atoms with Gasteiger partial charge in [-0.15, -0.1) is 0 Å². The molecule has 2 aromatic carbocycles. The number of piperidine rings is 1. The zero-order valence-electron chi connectivity index (χ0n) is 23.5. The van der Waals surface area contributed by atoms with E-state index in [4.69, 9.17) is 20.3 Å². The standard InChI is InChI=1S/C31H29FN8O3/c1-3-27(41)39-10-4-5-23(16-39)40-31-28(30(33)36-18-37-31)29(38-40)21-6-8-24(9-7-21)43-26-12-22(32)11-25(13-26)42-17-20-14-34-19(2)35-15-20/h3,6-9,11-15,18,23H,1,4-5,10,16-17H2,2H3,(H2,33,36,37)/t23-/m1/s1. The van der Waals surface area contributed by atoms with Gasteiger partial charge in [0.15, 0.2) is 5.65 Å². The Labute approximate surface area is 246 Å². The van der Waals surface area contributed by atoms with Crippen LogP contribution >= 0.6 is 0 Å². The number of benzene rings is 2. The van der Waals surface area contributed by atoms with Crippen molar-refractivity contribution in [3.8, 4) is 28.5 Å². The number of nitrogens with two attached hydrogens (primary N) is 1. The van der Waals surface area contributed by atoms with E-state index in [0.717, 1.165) is 24.0 Å². The number of anilines is 1. The predicted octanol–water partition coefficient (Wildman–Crippen LogP) is 5.03. The van der Waals surface area contributed by atoms with Crippen molar-refractivity contribution in [3.05, 3.63) is 91.0 Å². The first-order valence-electron chi connectivity index (χ1n) is 13.8. The molecule has 6 rings (SSSR count). The van der Waals surface area contributed by atoms with Crippen molar-refractivity contribution in [2.75, 3.05) is 18.8 Å². The summed E-state index contributed by atoms with van der Waals surface area (Å²) in [5, 5.41) is 5.54. The summed E-state index contributed by atoms with van der Waals surface area (Å²) in [5.74, 6) is 1.46. The van der Waals surface area contributed by atoms with E-state index in [0.29, 0.717) is 53.0 Å². The molecule has 218 valence electrons. The summed E-state index contributed by atoms with van der Waals surface area (Å²) in [7, 11) is 0. The Kier molecular flexibility index (Phi) is 7.65. The number of nitrogen functional groups attached to an aromatic ring is 1. The number of hydrogen-bond donors (Lipinski definition) is 1. The Balaban J connectivity index is 1.23. The Morgan fingerprint density at radius 1 is 1.09 bits per heavy atom. The van der Waals surface area contributed by atoms with Crippen molar-refractivity contribution < 1.29 is 18.7 Å². The van der Waals surface area contributed by atoms with Crippen LogP contribution in [0.5, 0.6) is 17.2 Å². The van der Waals surface area contributed by atoms with Crippen molar-refractivity contribution in [1.82, 2.24) is 34.6 Å². The lowest BCUT2D eigenvalue weighted by atomic mass is 10.1. The molecule has 1 aliphatic rings. The molecule has 12 heteroatoms. The Hall–Kier alpha value is -5.39. The molecule has 3 aromatic heterocycles. The van der Waals surface area contributed by atoms with E-state index in [1.165, 1.54) is 24.5 Å². The summed E-state index contributed by atoms with van der Waals surface area (Å²) in [5.41, 5.74) is 9.06. The molecule has 0 unspecified atom stereocenters. The van der Waals surface area contributed by atoms with E-state index >= 15 is 0 Å². The lowest BCUT2D eigenvalue weighted by molar-refractivity contribution is -0.127. The average molecular weight is 581 g/mol. The number of aryl methyl sites for hydroxylation is 1. The van der Waals surface area contributed by atoms with Crippen molar-refractivity contribution in [2.45, 2.75) is 32.4 Å². The molecule has 1 amide bonds. The van der Waals surface area contributed by atoms with Crippen LogP contribution in [0.2, 0.25) is 0 Å². The number of aromatic nitrogens is 6. The molecule has 0 spiro atoms. The third-order valence-corrected chi connectivity index (χ3v) is 7.19. The quantitative estimate of drug-likeness (QED) is 0.251. The molecule has 0 aliphatic carbocycles. The number of halogens is 1. The van der Waals surface area contributed by atoms with E-state index in [1.807, 2.05) is 16.8 Å². The Morgan fingerprint density at radius 2 is 1.86 bits per heavy atom. The van der Waals surface area contributed by atoms with Gasteiger partial charge in [-0.25, -0.2) is 29.0 Å². The predicted molar refractivity (Wildman–Crippen MR) is 158 cm³/mol. The van der Waals surface area contributed by atoms with Gasteiger partial charge in [0.25, 0.3) is 0 Å². The second-order valence-corrected chi connectivity index (χ2v) is 10.2. The first-order chi connectivity index (χ1) is 20.9. The lowest BCUT2D eigenvalue weighted by Gasteiger charge is -2.32. The Bertz CT molecular complexity index is 1790. The Morgan fingerprint density at radius 3 is 2.63 bits per heavy atom. The van der Waals surface area contributed by atoms with Crippen LogP contribution in [0.25, 0.3) is 22.3 Å². The molecular weight excluding hydrogens is 551 g/mol. The molecule has 5 aromatic rings. The summed E-state index contributed by atoms with van der Waals surface area (Å²) in [6, 6.07) is 11.3. The highest BCUT2D eigenvalue weighted by atomic mass is 19.1. The SMILES string of the molecule is C=CC(=O)N1CCC[C@@H](n2nc(-c3ccc(Oc4cc(F)cc(OCc5cnc(C)nc5)c4)cc3)c3c(N)ncnc32)C1. The summed E-state index contributed by atoms with van der Waals surface area (Å²) in [6.45, 7) is 6.77. The van der Waals surface area contributed by atoms with Crippen LogP contribution in [0.15, 0.2) is 73.8 Å². The van der Waals surface area contributed by atoms with E-state index in [9.17, 15) is 9.18 Å². The minimum atomic E-state index is -0.493. The van der Waals surface area contributed by atoms with Gasteiger partial charge in [0.05, 0.1) is 11.4 Å². The molecule has 0 saturated carbocycles. The number of carbonyl (C=O) groups excluding carboxylic acids is 1. The molecule has 0 radical (unpaired) electrons. The second-order valence-electron chi connectivity index (χ2n) is 10.2. The van der Waals surface area contributed by atoms with Gasteiger partial charge in [-0.1, -0.05) is 6.58 Å². The highest BCUT2D eigenvalue weighted by Crippen LogP contribution is 2.35. The van der Waals surface area contributed by atoms with Crippen LogP contribution in [-0.4, -0.2) is 53.6 Å². The molecule has 11 nitrogen and oxygen atoms in total. The van der Waals surface area contributed by atoms with Gasteiger partial charge in [-0.05, 0) is 50.1 Å². The van der Waals surface area contributed by atoms with Crippen molar-refractivity contribution in [3.63, 3.8) is 0 Å². The topological polar surface area (TPSA) is 134 Å². The minimum absolute atomic E-state index is 0.0752. The fraction of sp³-hybridized carbons (Fsp3) is 0.226. The minimum Gasteiger partial charge on any atom is -0.489 e. The molecule has 1 saturated heterocycles. The molecular formula is C31H29FN8O3. The number of rotatable bonds is 8. The van der Waals surface area contributed by atoms with Crippen LogP contribution in [0.3, 0.4) is 0 Å². The van der Waals surface area contributed by atoms with Gasteiger partial charge < -0.3 is 20.1 Å². The zero-order valence-corrected chi connectivity index (χ0v) is 23.5. The largest absolute Gasteiger partial charge is 0.489 e. The van der Waals surface area contributed by atoms with Crippen LogP contribution in [0.1, 0.15) is 30.3 Å². The molecule has 1 fully saturated rings. The zero-order chi connectivity index (χ0) is 29.9. The summed E-state index contributed by atoms with van der Waals surface area (Å²) >= 11 is 0. The van der Waals surface area contributed by atoms with Crippen LogP contribution < -0.4 is 15.2 Å². The third-order valence-electron chi connectivity index (χ3n) is 7.19. The van der Waals surface area contributed by atoms with Gasteiger partial charge in [-0.3, -0.25) is 4.79 Å². The van der Waals surface area contributed by atoms with Gasteiger partial charge in [0.2, 0.25) is 5.91 Å². The lowest BCUT2D eigenvalue weighted by Crippen LogP contribution is -2.40. The van der Waals surface area contributed by atoms with Crippen LogP contribution in [0.4, 0.5) is 10.2 Å². The monoisotopic (exact) mass is 580 g/mol. The van der Waals surface area contributed by atoms with Crippen molar-refractivity contribution >= 4 is 22.8 Å². The van der Waals surface area contributed by atoms with Crippen LogP contribution in [-0.2, 0) is 11.4 Å². The van der Waals surface area contributed by atoms with E-state index in [2.05, 4.69) is 26.5 Å². The van der Waals surface area contributed by atoms with Gasteiger partial charge in [0, 0.05) is 54.8 Å². The normalized spacial score (nSPS) is 14.9. The first kappa shape index (κ1) is 27.8. The van der Waals surface area contributed by atoms with E-state index in [-0.39, 0.29) is 24.3 Å². The summed E-state index contributed by atoms with van der Waals surface area (Å²) in [6.07, 6.45) is 7.75. The molecule has 4 heterocycles. The van der Waals surface area contributed by atoms with Gasteiger partial charge in [0.1, 0.15) is 53.3 Å². The maximum atomic E-state index is 14.4. The fourth-order valence-electron chi connectivity index (χ4n) is 5.09. The van der Waals surface area contributed by atoms with Crippen LogP contribution in [0, 0.1) is 12.7 Å². The fourth-order valence-corrected chi connectivity index (χ4v) is 5.09. The maximum absolute atomic E-state index is 14.4. The maximum Gasteiger partial charge on any atom is 0.246 e. The number of carbonyl (C=O) groups is 1. The second kappa shape index (κ2) is 11.8. The summed E-state index contributed by atoms with van der Waals surface area (Å²) < 4.78 is 27.9. The average Bonchev–Trinajstić information content (AvgIpc) is 3.42. The van der Waals surface area contributed by atoms with Crippen molar-refractivity contribution in [2.24, 2.45) is 0 Å². The number of hydrogen-bond acceptors (Lipinski definition) is 9. The number of ether oxygens (including phenoxy) is 2. The van der Waals surface area contributed by atoms with E-state index < -0.39 is 5.82 Å². The molecule has 2 N–H and O–H groups in total. The third kappa shape index (κ3) is 5.98. The van der Waals surface area contributed by atoms with Gasteiger partial charge >= 0.3 is 0 Å². The number of fused-ring (bicyclic) bond motifs is 1. The molecule has 0 bridgehead atoms. The highest BCUT2D eigenvalue weighted by Gasteiger charge is 2.28. The van der Waals surface area contributed by atoms with Crippen molar-refractivity contribution in [1.29, 1.82) is 0 Å². The first-order valence-corrected chi connectivity index (χ1v) is 13.8. The number of amides is 1. The smallest absolute Gasteiger partial charge is 0.246 e. The summed E-state index contributed by atoms with van der Waals surface area (Å²) in [4.78, 5) is 31.0. The molecule has 43 heavy (non-hydrogen) atoms. The number of nitrogens with zero attached hydrogens (tertiary/aromatic N) is 7. The van der Waals surface area contributed by atoms with E-state index in [1.54, 1.807) is 42.4 Å². The number of likely N-dealkylation sites (tertiary alicyclic amines) is 1. The molecule has 1 atom stereocenters.